The predicted octanol–water partition coefficient (Wildman–Crippen LogP) is 1.12. The average Bonchev–Trinajstić information content (AvgIpc) is 2.41. The van der Waals surface area contributed by atoms with Crippen LogP contribution in [0, 0.1) is 0 Å². The number of benzene rings is 1. The fourth-order valence-corrected chi connectivity index (χ4v) is 2.23. The molecule has 1 fully saturated rings. The number of phenolic OH excluding ortho intramolecular Hbond substituents is 1. The standard InChI is InChI=1S/C14H22N2O2/c15-5-1-2-12-3-4-14(17)13(10-12)11-16-6-8-18-9-7-16/h3-4,10,17H,1-2,5-9,11,15H2. The van der Waals surface area contributed by atoms with Gasteiger partial charge in [0.15, 0.2) is 0 Å². The molecule has 0 atom stereocenters. The van der Waals surface area contributed by atoms with Crippen LogP contribution in [0.2, 0.25) is 0 Å². The first-order chi connectivity index (χ1) is 8.79. The number of morpholine rings is 1. The van der Waals surface area contributed by atoms with Gasteiger partial charge >= 0.3 is 0 Å². The highest BCUT2D eigenvalue weighted by Gasteiger charge is 2.13. The smallest absolute Gasteiger partial charge is 0.120 e. The van der Waals surface area contributed by atoms with E-state index in [1.54, 1.807) is 6.07 Å². The fourth-order valence-electron chi connectivity index (χ4n) is 2.23. The van der Waals surface area contributed by atoms with Crippen LogP contribution in [-0.2, 0) is 17.7 Å². The molecule has 1 aliphatic heterocycles. The van der Waals surface area contributed by atoms with Crippen LogP contribution in [-0.4, -0.2) is 42.9 Å². The van der Waals surface area contributed by atoms with Gasteiger partial charge in [-0.3, -0.25) is 4.90 Å². The molecule has 0 aromatic heterocycles. The summed E-state index contributed by atoms with van der Waals surface area (Å²) in [4.78, 5) is 2.31. The van der Waals surface area contributed by atoms with Gasteiger partial charge in [-0.1, -0.05) is 12.1 Å². The van der Waals surface area contributed by atoms with E-state index in [0.717, 1.165) is 51.3 Å². The van der Waals surface area contributed by atoms with Gasteiger partial charge < -0.3 is 15.6 Å². The summed E-state index contributed by atoms with van der Waals surface area (Å²) < 4.78 is 5.33. The van der Waals surface area contributed by atoms with Crippen LogP contribution in [0.3, 0.4) is 0 Å². The summed E-state index contributed by atoms with van der Waals surface area (Å²) >= 11 is 0. The van der Waals surface area contributed by atoms with Crippen molar-refractivity contribution in [1.82, 2.24) is 4.90 Å². The van der Waals surface area contributed by atoms with Gasteiger partial charge in [-0.15, -0.1) is 0 Å². The summed E-state index contributed by atoms with van der Waals surface area (Å²) in [6.07, 6.45) is 1.97. The number of phenols is 1. The van der Waals surface area contributed by atoms with Crippen molar-refractivity contribution in [3.8, 4) is 5.75 Å². The van der Waals surface area contributed by atoms with Gasteiger partial charge in [-0.2, -0.15) is 0 Å². The highest BCUT2D eigenvalue weighted by Crippen LogP contribution is 2.21. The highest BCUT2D eigenvalue weighted by atomic mass is 16.5. The molecule has 4 heteroatoms. The van der Waals surface area contributed by atoms with E-state index in [9.17, 15) is 5.11 Å². The van der Waals surface area contributed by atoms with Gasteiger partial charge in [-0.25, -0.2) is 0 Å². The third kappa shape index (κ3) is 3.70. The lowest BCUT2D eigenvalue weighted by Gasteiger charge is -2.27. The summed E-state index contributed by atoms with van der Waals surface area (Å²) in [5.74, 6) is 0.387. The Labute approximate surface area is 108 Å². The van der Waals surface area contributed by atoms with Crippen LogP contribution in [0.4, 0.5) is 0 Å². The van der Waals surface area contributed by atoms with Gasteiger partial charge in [-0.05, 0) is 31.0 Å². The Bertz CT molecular complexity index is 376. The van der Waals surface area contributed by atoms with Gasteiger partial charge in [0.2, 0.25) is 0 Å². The number of nitrogens with zero attached hydrogens (tertiary/aromatic N) is 1. The number of nitrogens with two attached hydrogens (primary N) is 1. The van der Waals surface area contributed by atoms with Crippen molar-refractivity contribution in [3.63, 3.8) is 0 Å². The maximum atomic E-state index is 9.91. The summed E-state index contributed by atoms with van der Waals surface area (Å²) in [6.45, 7) is 4.95. The lowest BCUT2D eigenvalue weighted by atomic mass is 10.0. The molecule has 1 saturated heterocycles. The average molecular weight is 250 g/mol. The molecule has 0 spiro atoms. The zero-order valence-corrected chi connectivity index (χ0v) is 10.8. The third-order valence-electron chi connectivity index (χ3n) is 3.31. The molecule has 1 aliphatic rings. The SMILES string of the molecule is NCCCc1ccc(O)c(CN2CCOCC2)c1. The summed E-state index contributed by atoms with van der Waals surface area (Å²) in [7, 11) is 0. The van der Waals surface area contributed by atoms with Crippen molar-refractivity contribution >= 4 is 0 Å². The molecular weight excluding hydrogens is 228 g/mol. The largest absolute Gasteiger partial charge is 0.508 e. The topological polar surface area (TPSA) is 58.7 Å². The Kier molecular flexibility index (Phi) is 4.99. The molecule has 1 aromatic carbocycles. The van der Waals surface area contributed by atoms with Crippen LogP contribution >= 0.6 is 0 Å². The van der Waals surface area contributed by atoms with Crippen LogP contribution in [0.25, 0.3) is 0 Å². The number of hydrogen-bond donors (Lipinski definition) is 2. The van der Waals surface area contributed by atoms with Crippen LogP contribution in [0.15, 0.2) is 18.2 Å². The number of hydrogen-bond acceptors (Lipinski definition) is 4. The molecule has 0 amide bonds. The molecule has 18 heavy (non-hydrogen) atoms. The van der Waals surface area contributed by atoms with Crippen LogP contribution < -0.4 is 5.73 Å². The second-order valence-electron chi connectivity index (χ2n) is 4.74. The second-order valence-corrected chi connectivity index (χ2v) is 4.74. The van der Waals surface area contributed by atoms with Crippen molar-refractivity contribution in [2.45, 2.75) is 19.4 Å². The Balaban J connectivity index is 2.00. The number of aromatic hydroxyl groups is 1. The van der Waals surface area contributed by atoms with E-state index in [1.807, 2.05) is 6.07 Å². The lowest BCUT2D eigenvalue weighted by molar-refractivity contribution is 0.0339. The van der Waals surface area contributed by atoms with Crippen molar-refractivity contribution in [2.75, 3.05) is 32.8 Å². The van der Waals surface area contributed by atoms with E-state index < -0.39 is 0 Å². The number of rotatable bonds is 5. The molecule has 1 heterocycles. The predicted molar refractivity (Wildman–Crippen MR) is 71.6 cm³/mol. The molecule has 0 unspecified atom stereocenters. The van der Waals surface area contributed by atoms with E-state index in [1.165, 1.54) is 5.56 Å². The number of ether oxygens (including phenoxy) is 1. The minimum absolute atomic E-state index is 0.387. The number of aryl methyl sites for hydroxylation is 1. The monoisotopic (exact) mass is 250 g/mol. The Morgan fingerprint density at radius 3 is 2.78 bits per heavy atom. The molecule has 1 aromatic rings. The summed E-state index contributed by atoms with van der Waals surface area (Å²) in [5, 5.41) is 9.91. The van der Waals surface area contributed by atoms with Crippen molar-refractivity contribution in [3.05, 3.63) is 29.3 Å². The molecule has 0 aliphatic carbocycles. The van der Waals surface area contributed by atoms with Crippen molar-refractivity contribution in [2.24, 2.45) is 5.73 Å². The van der Waals surface area contributed by atoms with E-state index in [0.29, 0.717) is 12.3 Å². The van der Waals surface area contributed by atoms with E-state index in [-0.39, 0.29) is 0 Å². The maximum Gasteiger partial charge on any atom is 0.120 e. The first-order valence-electron chi connectivity index (χ1n) is 6.60. The molecule has 0 saturated carbocycles. The molecule has 0 radical (unpaired) electrons. The van der Waals surface area contributed by atoms with E-state index >= 15 is 0 Å². The Hall–Kier alpha value is -1.10. The molecule has 4 nitrogen and oxygen atoms in total. The van der Waals surface area contributed by atoms with E-state index in [2.05, 4.69) is 11.0 Å². The van der Waals surface area contributed by atoms with Crippen molar-refractivity contribution in [1.29, 1.82) is 0 Å². The zero-order chi connectivity index (χ0) is 12.8. The molecule has 2 rings (SSSR count). The first kappa shape index (κ1) is 13.3. The third-order valence-corrected chi connectivity index (χ3v) is 3.31. The molecule has 0 bridgehead atoms. The van der Waals surface area contributed by atoms with Gasteiger partial charge in [0, 0.05) is 25.2 Å². The van der Waals surface area contributed by atoms with Gasteiger partial charge in [0.25, 0.3) is 0 Å². The Morgan fingerprint density at radius 1 is 1.28 bits per heavy atom. The van der Waals surface area contributed by atoms with Crippen LogP contribution in [0.1, 0.15) is 17.5 Å². The summed E-state index contributed by atoms with van der Waals surface area (Å²) in [6, 6.07) is 5.87. The van der Waals surface area contributed by atoms with Gasteiger partial charge in [0.05, 0.1) is 13.2 Å². The van der Waals surface area contributed by atoms with E-state index in [4.69, 9.17) is 10.5 Å². The van der Waals surface area contributed by atoms with Crippen LogP contribution in [0.5, 0.6) is 5.75 Å². The zero-order valence-electron chi connectivity index (χ0n) is 10.8. The molecule has 3 N–H and O–H groups in total. The maximum absolute atomic E-state index is 9.91. The van der Waals surface area contributed by atoms with Gasteiger partial charge in [0.1, 0.15) is 5.75 Å². The highest BCUT2D eigenvalue weighted by molar-refractivity contribution is 5.36. The minimum Gasteiger partial charge on any atom is -0.508 e. The quantitative estimate of drug-likeness (QED) is 0.822. The first-order valence-corrected chi connectivity index (χ1v) is 6.60. The summed E-state index contributed by atoms with van der Waals surface area (Å²) in [5.41, 5.74) is 7.78. The minimum atomic E-state index is 0.387. The second kappa shape index (κ2) is 6.73. The molecular formula is C14H22N2O2. The lowest BCUT2D eigenvalue weighted by Crippen LogP contribution is -2.35. The molecule has 100 valence electrons. The van der Waals surface area contributed by atoms with Crippen molar-refractivity contribution < 1.29 is 9.84 Å². The normalized spacial score (nSPS) is 16.9. The Morgan fingerprint density at radius 2 is 2.06 bits per heavy atom. The fraction of sp³-hybridized carbons (Fsp3) is 0.571.